The molecular weight excluding hydrogens is 196 g/mol. The van der Waals surface area contributed by atoms with Crippen molar-refractivity contribution in [3.05, 3.63) is 0 Å². The first-order valence-corrected chi connectivity index (χ1v) is 5.07. The van der Waals surface area contributed by atoms with E-state index in [1.807, 2.05) is 11.8 Å². The van der Waals surface area contributed by atoms with Gasteiger partial charge in [-0.25, -0.2) is 4.79 Å². The first kappa shape index (κ1) is 13.9. The molecule has 15 heavy (non-hydrogen) atoms. The number of likely N-dealkylation sites (N-methyl/N-ethyl adjacent to an activating group) is 1. The Balaban J connectivity index is 4.17. The maximum absolute atomic E-state index is 11.4. The molecule has 3 amide bonds. The molecule has 0 spiro atoms. The molecule has 1 atom stereocenters. The summed E-state index contributed by atoms with van der Waals surface area (Å²) in [7, 11) is 0. The van der Waals surface area contributed by atoms with E-state index in [1.165, 1.54) is 0 Å². The molecule has 0 saturated heterocycles. The van der Waals surface area contributed by atoms with Crippen LogP contribution in [0.5, 0.6) is 0 Å². The second-order valence-corrected chi connectivity index (χ2v) is 3.30. The van der Waals surface area contributed by atoms with Crippen LogP contribution in [0.1, 0.15) is 20.3 Å². The zero-order chi connectivity index (χ0) is 11.8. The third-order valence-electron chi connectivity index (χ3n) is 2.23. The lowest BCUT2D eigenvalue weighted by atomic mass is 10.2. The number of hydrogen-bond donors (Lipinski definition) is 3. The minimum atomic E-state index is -0.818. The number of urea groups is 1. The van der Waals surface area contributed by atoms with Gasteiger partial charge in [-0.3, -0.25) is 15.0 Å². The second-order valence-electron chi connectivity index (χ2n) is 3.30. The van der Waals surface area contributed by atoms with E-state index in [-0.39, 0.29) is 11.9 Å². The van der Waals surface area contributed by atoms with Gasteiger partial charge in [0.25, 0.3) is 0 Å². The van der Waals surface area contributed by atoms with Gasteiger partial charge < -0.3 is 11.5 Å². The number of carbonyl (C=O) groups excluding carboxylic acids is 2. The van der Waals surface area contributed by atoms with Crippen LogP contribution in [0.2, 0.25) is 0 Å². The monoisotopic (exact) mass is 216 g/mol. The Bertz CT molecular complexity index is 220. The third kappa shape index (κ3) is 5.34. The summed E-state index contributed by atoms with van der Waals surface area (Å²) in [4.78, 5) is 23.9. The summed E-state index contributed by atoms with van der Waals surface area (Å²) in [6.45, 7) is 5.73. The summed E-state index contributed by atoms with van der Waals surface area (Å²) in [5.74, 6) is -0.374. The van der Waals surface area contributed by atoms with E-state index in [9.17, 15) is 9.59 Å². The Morgan fingerprint density at radius 2 is 2.07 bits per heavy atom. The molecule has 0 aliphatic heterocycles. The highest BCUT2D eigenvalue weighted by Crippen LogP contribution is 1.99. The van der Waals surface area contributed by atoms with Gasteiger partial charge in [-0.05, 0) is 26.4 Å². The molecule has 6 heteroatoms. The fourth-order valence-corrected chi connectivity index (χ4v) is 1.31. The number of nitrogens with zero attached hydrogens (tertiary/aromatic N) is 1. The predicted octanol–water partition coefficient (Wildman–Crippen LogP) is -0.759. The maximum Gasteiger partial charge on any atom is 0.318 e. The quantitative estimate of drug-likeness (QED) is 0.543. The summed E-state index contributed by atoms with van der Waals surface area (Å²) in [6.07, 6.45) is 0.821. The Kier molecular flexibility index (Phi) is 6.64. The van der Waals surface area contributed by atoms with E-state index in [0.717, 1.165) is 19.5 Å². The van der Waals surface area contributed by atoms with E-state index in [2.05, 4.69) is 5.32 Å². The molecule has 0 radical (unpaired) electrons. The lowest BCUT2D eigenvalue weighted by Gasteiger charge is -2.26. The lowest BCUT2D eigenvalue weighted by Crippen LogP contribution is -2.48. The van der Waals surface area contributed by atoms with Crippen LogP contribution in [-0.4, -0.2) is 42.5 Å². The van der Waals surface area contributed by atoms with Gasteiger partial charge in [0.2, 0.25) is 5.91 Å². The highest BCUT2D eigenvalue weighted by Gasteiger charge is 2.20. The van der Waals surface area contributed by atoms with Crippen LogP contribution in [0.3, 0.4) is 0 Å². The minimum absolute atomic E-state index is 0.367. The molecule has 6 nitrogen and oxygen atoms in total. The standard InChI is InChI=1S/C9H20N4O2/c1-3-13(6-4-5-10)7(2)8(14)12-9(11)15/h7H,3-6,10H2,1-2H3,(H3,11,12,14,15). The summed E-state index contributed by atoms with van der Waals surface area (Å²) in [6, 6.07) is -1.18. The smallest absolute Gasteiger partial charge is 0.318 e. The Labute approximate surface area is 90.0 Å². The van der Waals surface area contributed by atoms with Crippen molar-refractivity contribution in [3.63, 3.8) is 0 Å². The summed E-state index contributed by atoms with van der Waals surface area (Å²) < 4.78 is 0. The van der Waals surface area contributed by atoms with Gasteiger partial charge in [-0.1, -0.05) is 6.92 Å². The molecule has 0 aromatic carbocycles. The topological polar surface area (TPSA) is 101 Å². The van der Waals surface area contributed by atoms with Crippen molar-refractivity contribution in [2.24, 2.45) is 11.5 Å². The van der Waals surface area contributed by atoms with Crippen LogP contribution in [0.4, 0.5) is 4.79 Å². The van der Waals surface area contributed by atoms with Crippen LogP contribution in [0, 0.1) is 0 Å². The van der Waals surface area contributed by atoms with Crippen LogP contribution < -0.4 is 16.8 Å². The van der Waals surface area contributed by atoms with Crippen LogP contribution in [-0.2, 0) is 4.79 Å². The van der Waals surface area contributed by atoms with Gasteiger partial charge in [0, 0.05) is 6.54 Å². The zero-order valence-electron chi connectivity index (χ0n) is 9.32. The fraction of sp³-hybridized carbons (Fsp3) is 0.778. The van der Waals surface area contributed by atoms with Gasteiger partial charge in [0.15, 0.2) is 0 Å². The van der Waals surface area contributed by atoms with Gasteiger partial charge in [-0.2, -0.15) is 0 Å². The maximum atomic E-state index is 11.4. The summed E-state index contributed by atoms with van der Waals surface area (Å²) in [5.41, 5.74) is 10.3. The molecule has 0 aliphatic rings. The SMILES string of the molecule is CCN(CCCN)C(C)C(=O)NC(N)=O. The number of amides is 3. The highest BCUT2D eigenvalue weighted by atomic mass is 16.2. The molecule has 0 bridgehead atoms. The first-order chi connectivity index (χ1) is 7.02. The highest BCUT2D eigenvalue weighted by molar-refractivity contribution is 5.96. The molecule has 5 N–H and O–H groups in total. The second kappa shape index (κ2) is 7.19. The Morgan fingerprint density at radius 1 is 1.47 bits per heavy atom. The predicted molar refractivity (Wildman–Crippen MR) is 58.1 cm³/mol. The van der Waals surface area contributed by atoms with E-state index >= 15 is 0 Å². The molecule has 1 unspecified atom stereocenters. The molecule has 88 valence electrons. The first-order valence-electron chi connectivity index (χ1n) is 5.07. The number of primary amides is 1. The van der Waals surface area contributed by atoms with Crippen molar-refractivity contribution in [1.29, 1.82) is 0 Å². The van der Waals surface area contributed by atoms with Gasteiger partial charge in [0.1, 0.15) is 0 Å². The number of carbonyl (C=O) groups is 2. The molecule has 0 fully saturated rings. The lowest BCUT2D eigenvalue weighted by molar-refractivity contribution is -0.124. The van der Waals surface area contributed by atoms with Crippen molar-refractivity contribution in [1.82, 2.24) is 10.2 Å². The molecule has 0 saturated carbocycles. The third-order valence-corrected chi connectivity index (χ3v) is 2.23. The van der Waals surface area contributed by atoms with E-state index < -0.39 is 6.03 Å². The zero-order valence-corrected chi connectivity index (χ0v) is 9.32. The van der Waals surface area contributed by atoms with Crippen molar-refractivity contribution in [2.75, 3.05) is 19.6 Å². The van der Waals surface area contributed by atoms with Crippen molar-refractivity contribution in [3.8, 4) is 0 Å². The molecule has 0 heterocycles. The largest absolute Gasteiger partial charge is 0.351 e. The number of imide groups is 1. The van der Waals surface area contributed by atoms with Crippen LogP contribution >= 0.6 is 0 Å². The molecular formula is C9H20N4O2. The van der Waals surface area contributed by atoms with Crippen molar-refractivity contribution >= 4 is 11.9 Å². The van der Waals surface area contributed by atoms with Crippen LogP contribution in [0.25, 0.3) is 0 Å². The van der Waals surface area contributed by atoms with Crippen LogP contribution in [0.15, 0.2) is 0 Å². The number of nitrogens with one attached hydrogen (secondary N) is 1. The summed E-state index contributed by atoms with van der Waals surface area (Å²) in [5, 5.41) is 2.06. The van der Waals surface area contributed by atoms with Gasteiger partial charge in [-0.15, -0.1) is 0 Å². The summed E-state index contributed by atoms with van der Waals surface area (Å²) >= 11 is 0. The van der Waals surface area contributed by atoms with Gasteiger partial charge in [0.05, 0.1) is 6.04 Å². The number of hydrogen-bond acceptors (Lipinski definition) is 4. The van der Waals surface area contributed by atoms with Crippen molar-refractivity contribution < 1.29 is 9.59 Å². The Hall–Kier alpha value is -1.14. The Morgan fingerprint density at radius 3 is 2.47 bits per heavy atom. The molecule has 0 aliphatic carbocycles. The average Bonchev–Trinajstić information content (AvgIpc) is 2.17. The average molecular weight is 216 g/mol. The van der Waals surface area contributed by atoms with E-state index in [0.29, 0.717) is 6.54 Å². The molecule has 0 aromatic rings. The van der Waals surface area contributed by atoms with Gasteiger partial charge >= 0.3 is 6.03 Å². The molecule has 0 rings (SSSR count). The van der Waals surface area contributed by atoms with E-state index in [4.69, 9.17) is 11.5 Å². The minimum Gasteiger partial charge on any atom is -0.351 e. The fourth-order valence-electron chi connectivity index (χ4n) is 1.31. The normalized spacial score (nSPS) is 12.5. The van der Waals surface area contributed by atoms with E-state index in [1.54, 1.807) is 6.92 Å². The van der Waals surface area contributed by atoms with Crippen molar-refractivity contribution in [2.45, 2.75) is 26.3 Å². The number of nitrogens with two attached hydrogens (primary N) is 2. The number of rotatable bonds is 6. The molecule has 0 aromatic heterocycles.